The van der Waals surface area contributed by atoms with Crippen LogP contribution in [0.5, 0.6) is 0 Å². The molecule has 0 unspecified atom stereocenters. The molecule has 0 aliphatic carbocycles. The van der Waals surface area contributed by atoms with E-state index in [0.717, 1.165) is 0 Å². The Morgan fingerprint density at radius 3 is 1.40 bits per heavy atom. The fourth-order valence-corrected chi connectivity index (χ4v) is 3.53. The standard InChI is InChI=1S/C14H10F4S2/c15-13(16)9-3-1-5-11(7-9)19-20-12-6-2-4-10(8-12)14(17)18/h1-8,13-14H. The van der Waals surface area contributed by atoms with E-state index in [2.05, 4.69) is 0 Å². The smallest absolute Gasteiger partial charge is 0.205 e. The third-order valence-electron chi connectivity index (χ3n) is 2.45. The van der Waals surface area contributed by atoms with Gasteiger partial charge in [-0.15, -0.1) is 0 Å². The Hall–Kier alpha value is -1.14. The van der Waals surface area contributed by atoms with Gasteiger partial charge in [0, 0.05) is 20.9 Å². The number of alkyl halides is 4. The molecule has 20 heavy (non-hydrogen) atoms. The molecule has 106 valence electrons. The zero-order chi connectivity index (χ0) is 14.5. The highest BCUT2D eigenvalue weighted by molar-refractivity contribution is 8.76. The van der Waals surface area contributed by atoms with Gasteiger partial charge in [-0.2, -0.15) is 0 Å². The summed E-state index contributed by atoms with van der Waals surface area (Å²) in [5.74, 6) is 0. The van der Waals surface area contributed by atoms with E-state index in [0.29, 0.717) is 9.79 Å². The predicted molar refractivity (Wildman–Crippen MR) is 74.5 cm³/mol. The molecule has 2 rings (SSSR count). The molecule has 6 heteroatoms. The molecule has 0 aliphatic heterocycles. The summed E-state index contributed by atoms with van der Waals surface area (Å²) in [7, 11) is 2.53. The van der Waals surface area contributed by atoms with Crippen LogP contribution in [0.2, 0.25) is 0 Å². The minimum Gasteiger partial charge on any atom is -0.205 e. The first-order valence-electron chi connectivity index (χ1n) is 5.67. The van der Waals surface area contributed by atoms with Gasteiger partial charge in [-0.3, -0.25) is 0 Å². The van der Waals surface area contributed by atoms with Crippen LogP contribution in [0.3, 0.4) is 0 Å². The summed E-state index contributed by atoms with van der Waals surface area (Å²) in [5.41, 5.74) is -0.0890. The lowest BCUT2D eigenvalue weighted by Crippen LogP contribution is -1.84. The number of hydrogen-bond acceptors (Lipinski definition) is 2. The van der Waals surface area contributed by atoms with Gasteiger partial charge in [-0.05, 0) is 24.3 Å². The maximum absolute atomic E-state index is 12.6. The molecule has 0 aliphatic rings. The average Bonchev–Trinajstić information content (AvgIpc) is 2.45. The molecular weight excluding hydrogens is 308 g/mol. The molecular formula is C14H10F4S2. The van der Waals surface area contributed by atoms with Crippen molar-refractivity contribution >= 4 is 21.6 Å². The Bertz CT molecular complexity index is 521. The summed E-state index contributed by atoms with van der Waals surface area (Å²) < 4.78 is 50.2. The molecule has 0 spiro atoms. The molecule has 2 aromatic rings. The van der Waals surface area contributed by atoms with Gasteiger partial charge in [0.2, 0.25) is 0 Å². The molecule has 0 heterocycles. The predicted octanol–water partition coefficient (Wildman–Crippen LogP) is 6.36. The van der Waals surface area contributed by atoms with Gasteiger partial charge in [0.05, 0.1) is 0 Å². The SMILES string of the molecule is FC(F)c1cccc(SSc2cccc(C(F)F)c2)c1. The van der Waals surface area contributed by atoms with E-state index in [1.54, 1.807) is 24.3 Å². The van der Waals surface area contributed by atoms with Crippen molar-refractivity contribution in [3.63, 3.8) is 0 Å². The minimum atomic E-state index is -2.51. The van der Waals surface area contributed by atoms with Crippen LogP contribution < -0.4 is 0 Å². The Balaban J connectivity index is 2.05. The van der Waals surface area contributed by atoms with Crippen LogP contribution in [-0.4, -0.2) is 0 Å². The topological polar surface area (TPSA) is 0 Å². The highest BCUT2D eigenvalue weighted by Gasteiger charge is 2.09. The molecule has 0 fully saturated rings. The molecule has 0 amide bonds. The molecule has 0 saturated carbocycles. The maximum Gasteiger partial charge on any atom is 0.263 e. The van der Waals surface area contributed by atoms with Crippen LogP contribution in [-0.2, 0) is 0 Å². The van der Waals surface area contributed by atoms with Crippen molar-refractivity contribution in [1.29, 1.82) is 0 Å². The van der Waals surface area contributed by atoms with Crippen molar-refractivity contribution in [2.45, 2.75) is 22.6 Å². The van der Waals surface area contributed by atoms with E-state index in [-0.39, 0.29) is 11.1 Å². The molecule has 0 saturated heterocycles. The summed E-state index contributed by atoms with van der Waals surface area (Å²) in [5, 5.41) is 0. The monoisotopic (exact) mass is 318 g/mol. The summed E-state index contributed by atoms with van der Waals surface area (Å²) >= 11 is 0. The summed E-state index contributed by atoms with van der Waals surface area (Å²) in [6.07, 6.45) is -5.02. The second kappa shape index (κ2) is 7.04. The van der Waals surface area contributed by atoms with E-state index < -0.39 is 12.9 Å². The number of rotatable bonds is 5. The van der Waals surface area contributed by atoms with Gasteiger partial charge in [-0.25, -0.2) is 17.6 Å². The second-order valence-corrected chi connectivity index (χ2v) is 6.19. The van der Waals surface area contributed by atoms with Crippen molar-refractivity contribution in [2.75, 3.05) is 0 Å². The lowest BCUT2D eigenvalue weighted by atomic mass is 10.2. The lowest BCUT2D eigenvalue weighted by Gasteiger charge is -2.05. The summed E-state index contributed by atoms with van der Waals surface area (Å²) in [4.78, 5) is 1.32. The molecule has 0 aromatic heterocycles. The fraction of sp³-hybridized carbons (Fsp3) is 0.143. The zero-order valence-electron chi connectivity index (χ0n) is 10.1. The van der Waals surface area contributed by atoms with Gasteiger partial charge in [0.1, 0.15) is 0 Å². The second-order valence-electron chi connectivity index (χ2n) is 3.91. The van der Waals surface area contributed by atoms with Crippen LogP contribution in [0.25, 0.3) is 0 Å². The zero-order valence-corrected chi connectivity index (χ0v) is 11.7. The Morgan fingerprint density at radius 1 is 0.650 bits per heavy atom. The van der Waals surface area contributed by atoms with E-state index in [1.807, 2.05) is 0 Å². The number of hydrogen-bond donors (Lipinski definition) is 0. The van der Waals surface area contributed by atoms with Crippen LogP contribution >= 0.6 is 21.6 Å². The van der Waals surface area contributed by atoms with Gasteiger partial charge >= 0.3 is 0 Å². The first kappa shape index (κ1) is 15.3. The molecule has 0 N–H and O–H groups in total. The maximum atomic E-state index is 12.6. The molecule has 0 atom stereocenters. The van der Waals surface area contributed by atoms with Crippen molar-refractivity contribution in [2.24, 2.45) is 0 Å². The average molecular weight is 318 g/mol. The van der Waals surface area contributed by atoms with Crippen LogP contribution in [0.4, 0.5) is 17.6 Å². The van der Waals surface area contributed by atoms with Gasteiger partial charge in [0.15, 0.2) is 0 Å². The van der Waals surface area contributed by atoms with Gasteiger partial charge in [-0.1, -0.05) is 45.9 Å². The highest BCUT2D eigenvalue weighted by Crippen LogP contribution is 2.39. The van der Waals surface area contributed by atoms with E-state index in [1.165, 1.54) is 45.9 Å². The largest absolute Gasteiger partial charge is 0.263 e. The van der Waals surface area contributed by atoms with Crippen molar-refractivity contribution in [1.82, 2.24) is 0 Å². The molecule has 2 aromatic carbocycles. The Labute approximate surface area is 122 Å². The van der Waals surface area contributed by atoms with Gasteiger partial charge in [0.25, 0.3) is 12.9 Å². The van der Waals surface area contributed by atoms with E-state index in [4.69, 9.17) is 0 Å². The van der Waals surface area contributed by atoms with Crippen molar-refractivity contribution in [3.05, 3.63) is 59.7 Å². The van der Waals surface area contributed by atoms with Crippen molar-refractivity contribution in [3.8, 4) is 0 Å². The quantitative estimate of drug-likeness (QED) is 0.464. The first-order valence-corrected chi connectivity index (χ1v) is 7.82. The lowest BCUT2D eigenvalue weighted by molar-refractivity contribution is 0.150. The number of halogens is 4. The van der Waals surface area contributed by atoms with Crippen LogP contribution in [0.1, 0.15) is 24.0 Å². The van der Waals surface area contributed by atoms with Crippen molar-refractivity contribution < 1.29 is 17.6 Å². The fourth-order valence-electron chi connectivity index (χ4n) is 1.50. The Morgan fingerprint density at radius 2 is 1.05 bits per heavy atom. The Kier molecular flexibility index (Phi) is 5.37. The van der Waals surface area contributed by atoms with E-state index in [9.17, 15) is 17.6 Å². The van der Waals surface area contributed by atoms with Crippen LogP contribution in [0, 0.1) is 0 Å². The van der Waals surface area contributed by atoms with Gasteiger partial charge < -0.3 is 0 Å². The first-order chi connectivity index (χ1) is 9.56. The molecule has 0 nitrogen and oxygen atoms in total. The molecule has 0 radical (unpaired) electrons. The third kappa shape index (κ3) is 4.18. The van der Waals surface area contributed by atoms with E-state index >= 15 is 0 Å². The summed E-state index contributed by atoms with van der Waals surface area (Å²) in [6, 6.07) is 12.0. The minimum absolute atomic E-state index is 0.0445. The normalized spacial score (nSPS) is 11.3. The highest BCUT2D eigenvalue weighted by atomic mass is 33.1. The third-order valence-corrected chi connectivity index (χ3v) is 4.84. The summed E-state index contributed by atoms with van der Waals surface area (Å²) in [6.45, 7) is 0. The molecule has 0 bridgehead atoms. The number of benzene rings is 2. The van der Waals surface area contributed by atoms with Crippen LogP contribution in [0.15, 0.2) is 58.3 Å².